The molecule has 22 heavy (non-hydrogen) atoms. The molecule has 0 heterocycles. The van der Waals surface area contributed by atoms with Crippen molar-refractivity contribution in [3.8, 4) is 11.5 Å². The van der Waals surface area contributed by atoms with Gasteiger partial charge in [-0.05, 0) is 48.9 Å². The topological polar surface area (TPSA) is 44.5 Å². The molecule has 4 nitrogen and oxygen atoms in total. The van der Waals surface area contributed by atoms with Crippen molar-refractivity contribution in [1.29, 1.82) is 0 Å². The fourth-order valence-electron chi connectivity index (χ4n) is 2.16. The minimum absolute atomic E-state index is 0.143. The van der Waals surface area contributed by atoms with E-state index in [9.17, 15) is 5.21 Å². The molecule has 1 atom stereocenters. The Morgan fingerprint density at radius 2 is 1.45 bits per heavy atom. The molecule has 1 unspecified atom stereocenters. The van der Waals surface area contributed by atoms with E-state index in [0.717, 1.165) is 27.4 Å². The third-order valence-electron chi connectivity index (χ3n) is 3.52. The van der Waals surface area contributed by atoms with E-state index in [4.69, 9.17) is 9.47 Å². The summed E-state index contributed by atoms with van der Waals surface area (Å²) in [5, 5.41) is 12.2. The zero-order valence-electron chi connectivity index (χ0n) is 13.2. The van der Waals surface area contributed by atoms with Crippen LogP contribution in [0, 0.1) is 5.21 Å². The Morgan fingerprint density at radius 3 is 1.95 bits per heavy atom. The quantitative estimate of drug-likeness (QED) is 0.356. The maximum Gasteiger partial charge on any atom is 0.182 e. The molecular formula is C18H21NO3. The third-order valence-corrected chi connectivity index (χ3v) is 3.52. The first-order chi connectivity index (χ1) is 10.6. The zero-order chi connectivity index (χ0) is 15.9. The van der Waals surface area contributed by atoms with Crippen LogP contribution in [-0.2, 0) is 6.42 Å². The minimum Gasteiger partial charge on any atom is -0.624 e. The molecule has 0 fully saturated rings. The summed E-state index contributed by atoms with van der Waals surface area (Å²) in [5.74, 6) is 1.60. The molecule has 2 aromatic rings. The van der Waals surface area contributed by atoms with Crippen molar-refractivity contribution in [3.05, 3.63) is 64.9 Å². The van der Waals surface area contributed by atoms with Crippen LogP contribution in [0.3, 0.4) is 0 Å². The first-order valence-corrected chi connectivity index (χ1v) is 7.19. The van der Waals surface area contributed by atoms with Crippen molar-refractivity contribution >= 4 is 6.21 Å². The first kappa shape index (κ1) is 15.9. The summed E-state index contributed by atoms with van der Waals surface area (Å²) in [6.45, 7) is 1.91. The molecule has 0 aromatic heterocycles. The van der Waals surface area contributed by atoms with E-state index >= 15 is 0 Å². The molecule has 0 saturated carbocycles. The molecule has 0 saturated heterocycles. The van der Waals surface area contributed by atoms with Gasteiger partial charge in [0.05, 0.1) is 14.2 Å². The Morgan fingerprint density at radius 1 is 0.955 bits per heavy atom. The predicted molar refractivity (Wildman–Crippen MR) is 87.9 cm³/mol. The lowest BCUT2D eigenvalue weighted by Gasteiger charge is -2.13. The van der Waals surface area contributed by atoms with Crippen LogP contribution >= 0.6 is 0 Å². The molecule has 0 bridgehead atoms. The standard InChI is InChI=1S/C18H21NO3/c1-14(12-15-4-8-17(21-2)9-5-15)19(20)13-16-6-10-18(22-3)11-7-16/h4-11,13-14H,12H2,1-3H3/b19-13-. The smallest absolute Gasteiger partial charge is 0.182 e. The second-order valence-electron chi connectivity index (χ2n) is 5.16. The molecule has 0 N–H and O–H groups in total. The van der Waals surface area contributed by atoms with Crippen LogP contribution in [-0.4, -0.2) is 31.2 Å². The average molecular weight is 299 g/mol. The highest BCUT2D eigenvalue weighted by atomic mass is 16.5. The largest absolute Gasteiger partial charge is 0.624 e. The number of hydrogen-bond donors (Lipinski definition) is 0. The summed E-state index contributed by atoms with van der Waals surface area (Å²) in [6, 6.07) is 15.0. The van der Waals surface area contributed by atoms with Crippen molar-refractivity contribution in [3.63, 3.8) is 0 Å². The number of nitrogens with zero attached hydrogens (tertiary/aromatic N) is 1. The fraction of sp³-hybridized carbons (Fsp3) is 0.278. The number of ether oxygens (including phenoxy) is 2. The van der Waals surface area contributed by atoms with Crippen LogP contribution in [0.5, 0.6) is 11.5 Å². The van der Waals surface area contributed by atoms with E-state index in [-0.39, 0.29) is 6.04 Å². The summed E-state index contributed by atoms with van der Waals surface area (Å²) in [7, 11) is 3.26. The van der Waals surface area contributed by atoms with Crippen molar-refractivity contribution in [1.82, 2.24) is 0 Å². The van der Waals surface area contributed by atoms with Gasteiger partial charge in [0, 0.05) is 12.0 Å². The molecule has 0 spiro atoms. The summed E-state index contributed by atoms with van der Waals surface area (Å²) in [4.78, 5) is 0. The van der Waals surface area contributed by atoms with Gasteiger partial charge in [0.1, 0.15) is 11.5 Å². The van der Waals surface area contributed by atoms with Crippen molar-refractivity contribution < 1.29 is 14.2 Å². The second-order valence-corrected chi connectivity index (χ2v) is 5.16. The lowest BCUT2D eigenvalue weighted by atomic mass is 10.1. The van der Waals surface area contributed by atoms with Gasteiger partial charge >= 0.3 is 0 Å². The average Bonchev–Trinajstić information content (AvgIpc) is 2.56. The van der Waals surface area contributed by atoms with E-state index in [0.29, 0.717) is 6.42 Å². The van der Waals surface area contributed by atoms with Gasteiger partial charge in [0.15, 0.2) is 12.3 Å². The molecule has 2 aromatic carbocycles. The molecule has 0 aliphatic rings. The molecule has 0 radical (unpaired) electrons. The molecule has 0 amide bonds. The van der Waals surface area contributed by atoms with Crippen molar-refractivity contribution in [2.24, 2.45) is 0 Å². The van der Waals surface area contributed by atoms with E-state index in [1.54, 1.807) is 20.4 Å². The van der Waals surface area contributed by atoms with Gasteiger partial charge in [-0.15, -0.1) is 0 Å². The Balaban J connectivity index is 2.03. The molecule has 4 heteroatoms. The monoisotopic (exact) mass is 299 g/mol. The van der Waals surface area contributed by atoms with Crippen LogP contribution in [0.15, 0.2) is 48.5 Å². The van der Waals surface area contributed by atoms with Crippen LogP contribution < -0.4 is 9.47 Å². The number of methoxy groups -OCH3 is 2. The Labute approximate surface area is 131 Å². The summed E-state index contributed by atoms with van der Waals surface area (Å²) < 4.78 is 11.2. The summed E-state index contributed by atoms with van der Waals surface area (Å²) in [5.41, 5.74) is 1.97. The van der Waals surface area contributed by atoms with E-state index < -0.39 is 0 Å². The van der Waals surface area contributed by atoms with Crippen LogP contribution in [0.25, 0.3) is 0 Å². The van der Waals surface area contributed by atoms with Gasteiger partial charge in [0.2, 0.25) is 0 Å². The highest BCUT2D eigenvalue weighted by Gasteiger charge is 2.10. The van der Waals surface area contributed by atoms with Gasteiger partial charge in [-0.1, -0.05) is 12.1 Å². The normalized spacial score (nSPS) is 12.8. The number of benzene rings is 2. The van der Waals surface area contributed by atoms with Gasteiger partial charge in [0.25, 0.3) is 0 Å². The number of hydrogen-bond acceptors (Lipinski definition) is 3. The van der Waals surface area contributed by atoms with Crippen molar-refractivity contribution in [2.75, 3.05) is 14.2 Å². The van der Waals surface area contributed by atoms with Gasteiger partial charge in [-0.2, -0.15) is 0 Å². The molecular weight excluding hydrogens is 278 g/mol. The Bertz CT molecular complexity index is 618. The molecule has 116 valence electrons. The maximum absolute atomic E-state index is 12.2. The highest BCUT2D eigenvalue weighted by Crippen LogP contribution is 2.14. The summed E-state index contributed by atoms with van der Waals surface area (Å²) >= 11 is 0. The first-order valence-electron chi connectivity index (χ1n) is 7.19. The van der Waals surface area contributed by atoms with Gasteiger partial charge in [-0.3, -0.25) is 0 Å². The Kier molecular flexibility index (Phi) is 5.42. The fourth-order valence-corrected chi connectivity index (χ4v) is 2.16. The van der Waals surface area contributed by atoms with Crippen LogP contribution in [0.2, 0.25) is 0 Å². The van der Waals surface area contributed by atoms with Gasteiger partial charge < -0.3 is 14.7 Å². The number of rotatable bonds is 6. The van der Waals surface area contributed by atoms with Crippen LogP contribution in [0.1, 0.15) is 18.1 Å². The lowest BCUT2D eigenvalue weighted by Crippen LogP contribution is -2.21. The van der Waals surface area contributed by atoms with E-state index in [2.05, 4.69) is 0 Å². The highest BCUT2D eigenvalue weighted by molar-refractivity contribution is 5.75. The SMILES string of the molecule is COc1ccc(/C=[N+](\[O-])C(C)Cc2ccc(OC)cc2)cc1. The van der Waals surface area contributed by atoms with E-state index in [1.807, 2.05) is 55.5 Å². The zero-order valence-corrected chi connectivity index (χ0v) is 13.2. The van der Waals surface area contributed by atoms with Crippen LogP contribution in [0.4, 0.5) is 0 Å². The molecule has 2 rings (SSSR count). The maximum atomic E-state index is 12.2. The Hall–Kier alpha value is -2.49. The predicted octanol–water partition coefficient (Wildman–Crippen LogP) is 3.26. The van der Waals surface area contributed by atoms with Gasteiger partial charge in [-0.25, -0.2) is 4.74 Å². The molecule has 0 aliphatic carbocycles. The summed E-state index contributed by atoms with van der Waals surface area (Å²) in [6.07, 6.45) is 2.29. The van der Waals surface area contributed by atoms with Crippen molar-refractivity contribution in [2.45, 2.75) is 19.4 Å². The minimum atomic E-state index is -0.143. The lowest BCUT2D eigenvalue weighted by molar-refractivity contribution is -0.491. The second kappa shape index (κ2) is 7.50. The number of hydroxylamine groups is 1. The van der Waals surface area contributed by atoms with E-state index in [1.165, 1.54) is 0 Å². The molecule has 0 aliphatic heterocycles. The third kappa shape index (κ3) is 4.25.